The summed E-state index contributed by atoms with van der Waals surface area (Å²) >= 11 is 2.06. The summed E-state index contributed by atoms with van der Waals surface area (Å²) in [4.78, 5) is 4.94. The van der Waals surface area contributed by atoms with Crippen molar-refractivity contribution in [1.29, 1.82) is 0 Å². The van der Waals surface area contributed by atoms with Crippen LogP contribution in [0.5, 0.6) is 0 Å². The van der Waals surface area contributed by atoms with Gasteiger partial charge < -0.3 is 15.4 Å². The van der Waals surface area contributed by atoms with Gasteiger partial charge in [-0.15, -0.1) is 24.0 Å². The second-order valence-electron chi connectivity index (χ2n) is 6.40. The fourth-order valence-electron chi connectivity index (χ4n) is 3.38. The summed E-state index contributed by atoms with van der Waals surface area (Å²) < 4.78 is 5.83. The zero-order valence-electron chi connectivity index (χ0n) is 14.7. The molecule has 2 N–H and O–H groups in total. The van der Waals surface area contributed by atoms with Crippen LogP contribution in [0.1, 0.15) is 58.8 Å². The van der Waals surface area contributed by atoms with E-state index >= 15 is 0 Å². The van der Waals surface area contributed by atoms with Gasteiger partial charge in [0.15, 0.2) is 5.96 Å². The summed E-state index contributed by atoms with van der Waals surface area (Å²) in [5.74, 6) is 2.17. The minimum atomic E-state index is 0. The molecule has 1 heterocycles. The smallest absolute Gasteiger partial charge is 0.191 e. The molecule has 1 saturated heterocycles. The molecule has 0 bridgehead atoms. The zero-order chi connectivity index (χ0) is 15.7. The van der Waals surface area contributed by atoms with Crippen LogP contribution in [-0.2, 0) is 4.74 Å². The summed E-state index contributed by atoms with van der Waals surface area (Å²) in [7, 11) is 0. The molecule has 0 amide bonds. The van der Waals surface area contributed by atoms with Gasteiger partial charge in [-0.3, -0.25) is 4.99 Å². The van der Waals surface area contributed by atoms with Gasteiger partial charge in [0.2, 0.25) is 0 Å². The highest BCUT2D eigenvalue weighted by Crippen LogP contribution is 2.35. The summed E-state index contributed by atoms with van der Waals surface area (Å²) in [6, 6.07) is 0.607. The van der Waals surface area contributed by atoms with Crippen LogP contribution in [0, 0.1) is 0 Å². The van der Waals surface area contributed by atoms with E-state index in [4.69, 9.17) is 9.73 Å². The van der Waals surface area contributed by atoms with Crippen molar-refractivity contribution >= 4 is 41.7 Å². The number of aliphatic imine (C=N–C) groups is 1. The Kier molecular flexibility index (Phi) is 10.9. The molecule has 2 fully saturated rings. The molecule has 0 unspecified atom stereocenters. The predicted molar refractivity (Wildman–Crippen MR) is 112 cm³/mol. The van der Waals surface area contributed by atoms with Crippen molar-refractivity contribution in [2.24, 2.45) is 4.99 Å². The van der Waals surface area contributed by atoms with E-state index in [1.807, 2.05) is 0 Å². The number of hydrogen-bond acceptors (Lipinski definition) is 3. The van der Waals surface area contributed by atoms with Crippen molar-refractivity contribution in [2.75, 3.05) is 32.1 Å². The first-order valence-corrected chi connectivity index (χ1v) is 10.0. The van der Waals surface area contributed by atoms with Crippen molar-refractivity contribution in [3.05, 3.63) is 0 Å². The van der Waals surface area contributed by atoms with Crippen molar-refractivity contribution in [1.82, 2.24) is 10.6 Å². The SMILES string of the molecule is CCNC(=NCC1(SCC)CCOCC1)NC1CCCCC1.I. The first kappa shape index (κ1) is 21.4. The van der Waals surface area contributed by atoms with E-state index in [1.54, 1.807) is 0 Å². The number of guanidine groups is 1. The minimum Gasteiger partial charge on any atom is -0.381 e. The van der Waals surface area contributed by atoms with Crippen molar-refractivity contribution in [3.8, 4) is 0 Å². The van der Waals surface area contributed by atoms with Crippen LogP contribution < -0.4 is 10.6 Å². The standard InChI is InChI=1S/C17H33N3OS.HI/c1-3-18-16(20-15-8-6-5-7-9-15)19-14-17(22-4-2)10-12-21-13-11-17;/h15H,3-14H2,1-2H3,(H2,18,19,20);1H. The fourth-order valence-corrected chi connectivity index (χ4v) is 4.60. The molecule has 23 heavy (non-hydrogen) atoms. The number of hydrogen-bond donors (Lipinski definition) is 2. The van der Waals surface area contributed by atoms with Crippen LogP contribution in [0.4, 0.5) is 0 Å². The molecule has 2 rings (SSSR count). The van der Waals surface area contributed by atoms with Gasteiger partial charge in [-0.25, -0.2) is 0 Å². The Morgan fingerprint density at radius 1 is 1.17 bits per heavy atom. The van der Waals surface area contributed by atoms with E-state index in [1.165, 1.54) is 32.1 Å². The molecule has 1 saturated carbocycles. The third kappa shape index (κ3) is 7.38. The Morgan fingerprint density at radius 3 is 2.48 bits per heavy atom. The summed E-state index contributed by atoms with van der Waals surface area (Å²) in [6.45, 7) is 7.98. The second-order valence-corrected chi connectivity index (χ2v) is 8.13. The highest BCUT2D eigenvalue weighted by Gasteiger charge is 2.32. The average Bonchev–Trinajstić information content (AvgIpc) is 2.55. The van der Waals surface area contributed by atoms with E-state index in [2.05, 4.69) is 36.2 Å². The largest absolute Gasteiger partial charge is 0.381 e. The molecular formula is C17H34IN3OS. The Balaban J connectivity index is 0.00000264. The lowest BCUT2D eigenvalue weighted by atomic mass is 9.96. The van der Waals surface area contributed by atoms with Gasteiger partial charge in [0.25, 0.3) is 0 Å². The monoisotopic (exact) mass is 455 g/mol. The second kappa shape index (κ2) is 11.8. The number of halogens is 1. The molecule has 0 radical (unpaired) electrons. The van der Waals surface area contributed by atoms with Gasteiger partial charge in [0, 0.05) is 30.5 Å². The highest BCUT2D eigenvalue weighted by atomic mass is 127. The van der Waals surface area contributed by atoms with Crippen LogP contribution in [0.2, 0.25) is 0 Å². The molecule has 2 aliphatic rings. The third-order valence-electron chi connectivity index (χ3n) is 4.67. The van der Waals surface area contributed by atoms with Gasteiger partial charge >= 0.3 is 0 Å². The molecule has 6 heteroatoms. The molecular weight excluding hydrogens is 421 g/mol. The lowest BCUT2D eigenvalue weighted by Crippen LogP contribution is -2.45. The van der Waals surface area contributed by atoms with Gasteiger partial charge in [-0.2, -0.15) is 11.8 Å². The lowest BCUT2D eigenvalue weighted by Gasteiger charge is -2.35. The van der Waals surface area contributed by atoms with E-state index in [-0.39, 0.29) is 28.7 Å². The van der Waals surface area contributed by atoms with E-state index in [0.29, 0.717) is 6.04 Å². The maximum atomic E-state index is 5.55. The molecule has 1 aliphatic carbocycles. The summed E-state index contributed by atoms with van der Waals surface area (Å²) in [6.07, 6.45) is 8.91. The lowest BCUT2D eigenvalue weighted by molar-refractivity contribution is 0.0793. The molecule has 0 aromatic rings. The molecule has 0 aromatic carbocycles. The topological polar surface area (TPSA) is 45.7 Å². The maximum absolute atomic E-state index is 5.55. The fraction of sp³-hybridized carbons (Fsp3) is 0.941. The molecule has 0 spiro atoms. The van der Waals surface area contributed by atoms with Crippen LogP contribution in [0.3, 0.4) is 0 Å². The molecule has 0 aromatic heterocycles. The van der Waals surface area contributed by atoms with Crippen LogP contribution >= 0.6 is 35.7 Å². The Bertz CT molecular complexity index is 337. The number of rotatable bonds is 6. The van der Waals surface area contributed by atoms with Crippen molar-refractivity contribution in [2.45, 2.75) is 69.6 Å². The van der Waals surface area contributed by atoms with Gasteiger partial charge in [0.1, 0.15) is 0 Å². The highest BCUT2D eigenvalue weighted by molar-refractivity contribution is 14.0. The quantitative estimate of drug-likeness (QED) is 0.364. The Morgan fingerprint density at radius 2 is 1.87 bits per heavy atom. The van der Waals surface area contributed by atoms with Gasteiger partial charge in [-0.1, -0.05) is 26.2 Å². The first-order chi connectivity index (χ1) is 10.8. The molecule has 0 atom stereocenters. The van der Waals surface area contributed by atoms with Crippen molar-refractivity contribution in [3.63, 3.8) is 0 Å². The van der Waals surface area contributed by atoms with Crippen LogP contribution in [-0.4, -0.2) is 48.8 Å². The van der Waals surface area contributed by atoms with Gasteiger partial charge in [0.05, 0.1) is 6.54 Å². The summed E-state index contributed by atoms with van der Waals surface area (Å²) in [5, 5.41) is 7.08. The number of thioether (sulfide) groups is 1. The van der Waals surface area contributed by atoms with Gasteiger partial charge in [-0.05, 0) is 38.4 Å². The number of nitrogens with zero attached hydrogens (tertiary/aromatic N) is 1. The summed E-state index contributed by atoms with van der Waals surface area (Å²) in [5.41, 5.74) is 0. The van der Waals surface area contributed by atoms with E-state index in [0.717, 1.165) is 50.9 Å². The van der Waals surface area contributed by atoms with E-state index < -0.39 is 0 Å². The zero-order valence-corrected chi connectivity index (χ0v) is 17.9. The maximum Gasteiger partial charge on any atom is 0.191 e. The normalized spacial score (nSPS) is 22.3. The van der Waals surface area contributed by atoms with E-state index in [9.17, 15) is 0 Å². The third-order valence-corrected chi connectivity index (χ3v) is 6.11. The number of ether oxygens (including phenoxy) is 1. The molecule has 4 nitrogen and oxygen atoms in total. The number of nitrogens with one attached hydrogen (secondary N) is 2. The first-order valence-electron chi connectivity index (χ1n) is 9.04. The van der Waals surface area contributed by atoms with Crippen molar-refractivity contribution < 1.29 is 4.74 Å². The molecule has 136 valence electrons. The predicted octanol–water partition coefficient (Wildman–Crippen LogP) is 3.79. The minimum absolute atomic E-state index is 0. The molecule has 1 aliphatic heterocycles. The average molecular weight is 455 g/mol. The Hall–Kier alpha value is 0.310. The van der Waals surface area contributed by atoms with Crippen LogP contribution in [0.25, 0.3) is 0 Å². The Labute approximate surface area is 163 Å². The van der Waals surface area contributed by atoms with Crippen LogP contribution in [0.15, 0.2) is 4.99 Å².